The molecule has 130 valence electrons. The molecule has 0 unspecified atom stereocenters. The highest BCUT2D eigenvalue weighted by molar-refractivity contribution is 7.20. The SMILES string of the molecule is CCOC(=O)NNC(=O)c1sc2nc(C(C)(C)C)nc(C)c2c1C. The van der Waals surface area contributed by atoms with E-state index in [4.69, 9.17) is 4.74 Å². The van der Waals surface area contributed by atoms with Crippen LogP contribution in [-0.4, -0.2) is 28.6 Å². The highest BCUT2D eigenvalue weighted by atomic mass is 32.1. The van der Waals surface area contributed by atoms with Crippen LogP contribution < -0.4 is 10.9 Å². The largest absolute Gasteiger partial charge is 0.449 e. The molecule has 24 heavy (non-hydrogen) atoms. The Bertz CT molecular complexity index is 793. The maximum absolute atomic E-state index is 12.3. The molecule has 2 heterocycles. The van der Waals surface area contributed by atoms with Gasteiger partial charge in [0.2, 0.25) is 0 Å². The van der Waals surface area contributed by atoms with E-state index in [-0.39, 0.29) is 12.0 Å². The van der Waals surface area contributed by atoms with Crippen LogP contribution in [0.1, 0.15) is 54.4 Å². The van der Waals surface area contributed by atoms with Crippen LogP contribution in [0.2, 0.25) is 0 Å². The number of hydrogen-bond donors (Lipinski definition) is 2. The standard InChI is InChI=1S/C16H22N4O3S/c1-7-23-15(22)20-19-12(21)11-8(2)10-9(3)17-14(16(4,5)6)18-13(10)24-11/h7H2,1-6H3,(H,19,21)(H,20,22). The topological polar surface area (TPSA) is 93.2 Å². The molecule has 0 bridgehead atoms. The second-order valence-corrected chi connectivity index (χ2v) is 7.42. The van der Waals surface area contributed by atoms with Gasteiger partial charge in [0.15, 0.2) is 0 Å². The fraction of sp³-hybridized carbons (Fsp3) is 0.500. The van der Waals surface area contributed by atoms with Crippen molar-refractivity contribution in [3.8, 4) is 0 Å². The Labute approximate surface area is 144 Å². The number of thiophene rings is 1. The quantitative estimate of drug-likeness (QED) is 0.812. The summed E-state index contributed by atoms with van der Waals surface area (Å²) < 4.78 is 4.71. The van der Waals surface area contributed by atoms with Gasteiger partial charge in [0, 0.05) is 10.8 Å². The fourth-order valence-electron chi connectivity index (χ4n) is 2.22. The summed E-state index contributed by atoms with van der Waals surface area (Å²) in [6.45, 7) is 11.8. The number of aromatic nitrogens is 2. The minimum absolute atomic E-state index is 0.176. The number of aryl methyl sites for hydroxylation is 2. The van der Waals surface area contributed by atoms with E-state index >= 15 is 0 Å². The molecule has 7 nitrogen and oxygen atoms in total. The lowest BCUT2D eigenvalue weighted by molar-refractivity contribution is 0.0916. The second kappa shape index (κ2) is 6.72. The lowest BCUT2D eigenvalue weighted by atomic mass is 9.95. The third-order valence-corrected chi connectivity index (χ3v) is 4.59. The molecule has 2 aromatic heterocycles. The predicted octanol–water partition coefficient (Wildman–Crippen LogP) is 3.00. The lowest BCUT2D eigenvalue weighted by Crippen LogP contribution is -2.41. The molecule has 0 radical (unpaired) electrons. The molecule has 0 atom stereocenters. The van der Waals surface area contributed by atoms with Crippen molar-refractivity contribution < 1.29 is 14.3 Å². The number of nitrogens with zero attached hydrogens (tertiary/aromatic N) is 2. The van der Waals surface area contributed by atoms with Gasteiger partial charge >= 0.3 is 6.09 Å². The highest BCUT2D eigenvalue weighted by Gasteiger charge is 2.23. The number of hydrogen-bond acceptors (Lipinski definition) is 6. The van der Waals surface area contributed by atoms with Crippen LogP contribution in [0.4, 0.5) is 4.79 Å². The van der Waals surface area contributed by atoms with Crippen LogP contribution in [0.3, 0.4) is 0 Å². The molecule has 8 heteroatoms. The van der Waals surface area contributed by atoms with E-state index in [2.05, 4.69) is 20.8 Å². The molecule has 0 saturated carbocycles. The predicted molar refractivity (Wildman–Crippen MR) is 93.2 cm³/mol. The third-order valence-electron chi connectivity index (χ3n) is 3.40. The number of carbonyl (C=O) groups is 2. The number of rotatable bonds is 2. The second-order valence-electron chi connectivity index (χ2n) is 6.42. The third kappa shape index (κ3) is 3.64. The van der Waals surface area contributed by atoms with Crippen molar-refractivity contribution in [2.24, 2.45) is 0 Å². The highest BCUT2D eigenvalue weighted by Crippen LogP contribution is 2.32. The zero-order valence-electron chi connectivity index (χ0n) is 14.7. The van der Waals surface area contributed by atoms with Gasteiger partial charge in [-0.3, -0.25) is 10.2 Å². The number of carbonyl (C=O) groups excluding carboxylic acids is 2. The van der Waals surface area contributed by atoms with E-state index < -0.39 is 12.0 Å². The van der Waals surface area contributed by atoms with Crippen molar-refractivity contribution in [1.82, 2.24) is 20.8 Å². The molecular weight excluding hydrogens is 328 g/mol. The molecule has 0 aromatic carbocycles. The zero-order valence-corrected chi connectivity index (χ0v) is 15.6. The van der Waals surface area contributed by atoms with Gasteiger partial charge in [-0.05, 0) is 26.3 Å². The van der Waals surface area contributed by atoms with Gasteiger partial charge in [-0.25, -0.2) is 20.2 Å². The van der Waals surface area contributed by atoms with Crippen molar-refractivity contribution in [3.63, 3.8) is 0 Å². The van der Waals surface area contributed by atoms with Crippen LogP contribution in [0.15, 0.2) is 0 Å². The number of nitrogens with one attached hydrogen (secondary N) is 2. The first kappa shape index (κ1) is 18.1. The molecule has 0 aliphatic rings. The van der Waals surface area contributed by atoms with Gasteiger partial charge in [0.1, 0.15) is 10.7 Å². The Morgan fingerprint density at radius 3 is 2.42 bits per heavy atom. The van der Waals surface area contributed by atoms with Crippen molar-refractivity contribution in [3.05, 3.63) is 22.0 Å². The van der Waals surface area contributed by atoms with Crippen LogP contribution in [0.5, 0.6) is 0 Å². The van der Waals surface area contributed by atoms with Gasteiger partial charge in [0.05, 0.1) is 17.2 Å². The van der Waals surface area contributed by atoms with Gasteiger partial charge < -0.3 is 4.74 Å². The first-order chi connectivity index (χ1) is 11.1. The summed E-state index contributed by atoms with van der Waals surface area (Å²) in [5.74, 6) is 0.339. The zero-order chi connectivity index (χ0) is 18.1. The number of fused-ring (bicyclic) bond motifs is 1. The first-order valence-corrected chi connectivity index (χ1v) is 8.48. The molecule has 2 N–H and O–H groups in total. The fourth-order valence-corrected chi connectivity index (χ4v) is 3.35. The van der Waals surface area contributed by atoms with E-state index in [1.165, 1.54) is 11.3 Å². The number of amides is 2. The summed E-state index contributed by atoms with van der Waals surface area (Å²) >= 11 is 1.29. The summed E-state index contributed by atoms with van der Waals surface area (Å²) in [7, 11) is 0. The number of hydrazine groups is 1. The molecular formula is C16H22N4O3S. The molecule has 2 aromatic rings. The smallest absolute Gasteiger partial charge is 0.426 e. The van der Waals surface area contributed by atoms with Crippen molar-refractivity contribution >= 4 is 33.6 Å². The Balaban J connectivity index is 2.35. The van der Waals surface area contributed by atoms with E-state index in [1.54, 1.807) is 6.92 Å². The van der Waals surface area contributed by atoms with E-state index in [9.17, 15) is 9.59 Å². The van der Waals surface area contributed by atoms with Crippen molar-refractivity contribution in [1.29, 1.82) is 0 Å². The minimum Gasteiger partial charge on any atom is -0.449 e. The number of ether oxygens (including phenoxy) is 1. The summed E-state index contributed by atoms with van der Waals surface area (Å²) in [5, 5.41) is 0.884. The maximum atomic E-state index is 12.3. The molecule has 2 rings (SSSR count). The normalized spacial score (nSPS) is 11.4. The van der Waals surface area contributed by atoms with E-state index in [1.807, 2.05) is 34.6 Å². The van der Waals surface area contributed by atoms with Crippen molar-refractivity contribution in [2.75, 3.05) is 6.61 Å². The van der Waals surface area contributed by atoms with Crippen LogP contribution in [0.25, 0.3) is 10.2 Å². The van der Waals surface area contributed by atoms with Gasteiger partial charge in [-0.1, -0.05) is 20.8 Å². The molecule has 0 fully saturated rings. The summed E-state index contributed by atoms with van der Waals surface area (Å²) in [6.07, 6.45) is -0.699. The monoisotopic (exact) mass is 350 g/mol. The average Bonchev–Trinajstić information content (AvgIpc) is 2.82. The molecule has 0 saturated heterocycles. The van der Waals surface area contributed by atoms with E-state index in [0.29, 0.717) is 4.88 Å². The Morgan fingerprint density at radius 1 is 1.17 bits per heavy atom. The Morgan fingerprint density at radius 2 is 1.83 bits per heavy atom. The molecule has 2 amide bonds. The minimum atomic E-state index is -0.699. The van der Waals surface area contributed by atoms with Crippen molar-refractivity contribution in [2.45, 2.75) is 47.0 Å². The van der Waals surface area contributed by atoms with Crippen LogP contribution in [-0.2, 0) is 10.2 Å². The van der Waals surface area contributed by atoms with Crippen LogP contribution in [0, 0.1) is 13.8 Å². The summed E-state index contributed by atoms with van der Waals surface area (Å²) in [4.78, 5) is 34.0. The Kier molecular flexibility index (Phi) is 5.08. The summed E-state index contributed by atoms with van der Waals surface area (Å²) in [6, 6.07) is 0. The molecule has 0 aliphatic heterocycles. The van der Waals surface area contributed by atoms with E-state index in [0.717, 1.165) is 27.3 Å². The lowest BCUT2D eigenvalue weighted by Gasteiger charge is -2.16. The van der Waals surface area contributed by atoms with Gasteiger partial charge in [0.25, 0.3) is 5.91 Å². The molecule has 0 aliphatic carbocycles. The average molecular weight is 350 g/mol. The first-order valence-electron chi connectivity index (χ1n) is 7.66. The Hall–Kier alpha value is -2.22. The molecule has 0 spiro atoms. The maximum Gasteiger partial charge on any atom is 0.426 e. The van der Waals surface area contributed by atoms with Gasteiger partial charge in [-0.15, -0.1) is 11.3 Å². The van der Waals surface area contributed by atoms with Gasteiger partial charge in [-0.2, -0.15) is 0 Å². The van der Waals surface area contributed by atoms with Crippen LogP contribution >= 0.6 is 11.3 Å². The summed E-state index contributed by atoms with van der Waals surface area (Å²) in [5.41, 5.74) is 6.03.